The minimum atomic E-state index is -1.17. The van der Waals surface area contributed by atoms with Gasteiger partial charge in [0, 0.05) is 18.1 Å². The molecule has 124 valence electrons. The average molecular weight is 332 g/mol. The van der Waals surface area contributed by atoms with Gasteiger partial charge in [-0.15, -0.1) is 0 Å². The number of hydrogen-bond acceptors (Lipinski definition) is 3. The average Bonchev–Trinajstić information content (AvgIpc) is 2.81. The van der Waals surface area contributed by atoms with Crippen molar-refractivity contribution in [2.45, 2.75) is 56.3 Å². The highest BCUT2D eigenvalue weighted by Gasteiger charge is 2.54. The molecule has 3 aliphatic carbocycles. The summed E-state index contributed by atoms with van der Waals surface area (Å²) in [6.07, 6.45) is 7.49. The summed E-state index contributed by atoms with van der Waals surface area (Å²) in [5.41, 5.74) is 2.39. The maximum Gasteiger partial charge on any atom is 0.139 e. The van der Waals surface area contributed by atoms with Crippen molar-refractivity contribution >= 4 is 16.6 Å². The van der Waals surface area contributed by atoms with Gasteiger partial charge in [0.25, 0.3) is 0 Å². The zero-order valence-corrected chi connectivity index (χ0v) is 14.6. The maximum atomic E-state index is 12.4. The lowest BCUT2D eigenvalue weighted by atomic mass is 9.55. The van der Waals surface area contributed by atoms with Gasteiger partial charge in [0.15, 0.2) is 0 Å². The fraction of sp³-hybridized carbons (Fsp3) is 0.632. The maximum absolute atomic E-state index is 12.4. The molecule has 0 radical (unpaired) electrons. The molecule has 23 heavy (non-hydrogen) atoms. The van der Waals surface area contributed by atoms with Crippen LogP contribution < -0.4 is 0 Å². The van der Waals surface area contributed by atoms with Crippen molar-refractivity contribution in [2.75, 3.05) is 6.26 Å². The van der Waals surface area contributed by atoms with E-state index in [1.807, 2.05) is 12.1 Å². The third-order valence-corrected chi connectivity index (χ3v) is 7.77. The van der Waals surface area contributed by atoms with Crippen LogP contribution in [-0.2, 0) is 22.0 Å². The second-order valence-corrected chi connectivity index (χ2v) is 9.15. The number of fused-ring (bicyclic) bond motifs is 5. The van der Waals surface area contributed by atoms with Gasteiger partial charge in [0.05, 0.1) is 15.7 Å². The van der Waals surface area contributed by atoms with Crippen molar-refractivity contribution in [3.8, 4) is 5.75 Å². The Hall–Kier alpha value is -1.16. The molecule has 0 bridgehead atoms. The second kappa shape index (κ2) is 5.17. The quantitative estimate of drug-likeness (QED) is 0.855. The minimum absolute atomic E-state index is 0.105. The molecule has 3 aliphatic rings. The lowest BCUT2D eigenvalue weighted by molar-refractivity contribution is -0.129. The number of aryl methyl sites for hydroxylation is 1. The van der Waals surface area contributed by atoms with Crippen LogP contribution in [0.3, 0.4) is 0 Å². The van der Waals surface area contributed by atoms with E-state index in [-0.39, 0.29) is 11.2 Å². The first-order chi connectivity index (χ1) is 10.9. The van der Waals surface area contributed by atoms with Crippen molar-refractivity contribution in [3.63, 3.8) is 0 Å². The van der Waals surface area contributed by atoms with Gasteiger partial charge in [-0.3, -0.25) is 9.00 Å². The van der Waals surface area contributed by atoms with Crippen LogP contribution in [0, 0.1) is 17.3 Å². The molecule has 2 fully saturated rings. The number of benzene rings is 1. The van der Waals surface area contributed by atoms with E-state index in [0.29, 0.717) is 28.4 Å². The van der Waals surface area contributed by atoms with Gasteiger partial charge >= 0.3 is 0 Å². The van der Waals surface area contributed by atoms with E-state index in [1.54, 1.807) is 6.26 Å². The molecule has 4 heteroatoms. The number of aromatic hydroxyl groups is 1. The summed E-state index contributed by atoms with van der Waals surface area (Å²) in [5, 5.41) is 10.1. The topological polar surface area (TPSA) is 54.4 Å². The fourth-order valence-corrected chi connectivity index (χ4v) is 6.24. The number of Topliss-reactive ketones (excluding diaryl/α,β-unsaturated/α-hetero) is 1. The first-order valence-electron chi connectivity index (χ1n) is 8.64. The predicted molar refractivity (Wildman–Crippen MR) is 90.1 cm³/mol. The number of phenols is 1. The Bertz CT molecular complexity index is 711. The van der Waals surface area contributed by atoms with Gasteiger partial charge in [0.2, 0.25) is 0 Å². The summed E-state index contributed by atoms with van der Waals surface area (Å²) < 4.78 is 11.9. The third kappa shape index (κ3) is 2.14. The number of carbonyl (C=O) groups is 1. The van der Waals surface area contributed by atoms with Gasteiger partial charge in [0.1, 0.15) is 11.5 Å². The molecule has 3 nitrogen and oxygen atoms in total. The Balaban J connectivity index is 1.76. The molecule has 5 atom stereocenters. The van der Waals surface area contributed by atoms with E-state index < -0.39 is 10.8 Å². The largest absolute Gasteiger partial charge is 0.507 e. The van der Waals surface area contributed by atoms with Gasteiger partial charge < -0.3 is 5.11 Å². The molecule has 0 spiro atoms. The van der Waals surface area contributed by atoms with Gasteiger partial charge in [-0.25, -0.2) is 0 Å². The van der Waals surface area contributed by atoms with Crippen LogP contribution >= 0.6 is 0 Å². The van der Waals surface area contributed by atoms with Crippen molar-refractivity contribution in [1.82, 2.24) is 0 Å². The number of phenolic OH excluding ortho intramolecular Hbond substituents is 1. The Labute approximate surface area is 139 Å². The second-order valence-electron chi connectivity index (χ2n) is 7.81. The number of ketones is 1. The Morgan fingerprint density at radius 2 is 2.00 bits per heavy atom. The molecular formula is C19H24O3S. The number of hydrogen-bond donors (Lipinski definition) is 1. The van der Waals surface area contributed by atoms with Crippen LogP contribution in [0.2, 0.25) is 0 Å². The Morgan fingerprint density at radius 3 is 2.74 bits per heavy atom. The summed E-state index contributed by atoms with van der Waals surface area (Å²) in [6.45, 7) is 2.18. The molecule has 0 saturated heterocycles. The molecule has 0 heterocycles. The summed E-state index contributed by atoms with van der Waals surface area (Å²) in [4.78, 5) is 12.9. The molecule has 1 aromatic carbocycles. The van der Waals surface area contributed by atoms with E-state index in [1.165, 1.54) is 11.1 Å². The van der Waals surface area contributed by atoms with E-state index in [9.17, 15) is 14.1 Å². The smallest absolute Gasteiger partial charge is 0.139 e. The highest BCUT2D eigenvalue weighted by atomic mass is 32.2. The zero-order valence-electron chi connectivity index (χ0n) is 13.8. The molecule has 1 N–H and O–H groups in total. The molecule has 2 saturated carbocycles. The molecule has 1 aromatic rings. The monoisotopic (exact) mass is 332 g/mol. The number of rotatable bonds is 1. The normalized spacial score (nSPS) is 37.0. The van der Waals surface area contributed by atoms with E-state index in [0.717, 1.165) is 38.5 Å². The molecule has 0 amide bonds. The molecule has 4 unspecified atom stereocenters. The SMILES string of the molecule is CS(=O)c1cc2c(cc1O)CCC1C2CC[C@]2(C)C(=O)CCC12. The van der Waals surface area contributed by atoms with Crippen molar-refractivity contribution in [1.29, 1.82) is 0 Å². The third-order valence-electron chi connectivity index (χ3n) is 6.82. The summed E-state index contributed by atoms with van der Waals surface area (Å²) in [7, 11) is -1.17. The summed E-state index contributed by atoms with van der Waals surface area (Å²) in [5.74, 6) is 2.17. The lowest BCUT2D eigenvalue weighted by Gasteiger charge is -2.48. The van der Waals surface area contributed by atoms with Crippen LogP contribution in [0.25, 0.3) is 0 Å². The molecule has 0 aromatic heterocycles. The predicted octanol–water partition coefficient (Wildman–Crippen LogP) is 3.55. The fourth-order valence-electron chi connectivity index (χ4n) is 5.59. The van der Waals surface area contributed by atoms with Crippen LogP contribution in [0.4, 0.5) is 0 Å². The first-order valence-corrected chi connectivity index (χ1v) is 10.2. The zero-order chi connectivity index (χ0) is 16.4. The molecular weight excluding hydrogens is 308 g/mol. The van der Waals surface area contributed by atoms with Crippen molar-refractivity contribution in [3.05, 3.63) is 23.3 Å². The van der Waals surface area contributed by atoms with Crippen LogP contribution in [0.15, 0.2) is 17.0 Å². The van der Waals surface area contributed by atoms with Gasteiger partial charge in [-0.1, -0.05) is 6.92 Å². The van der Waals surface area contributed by atoms with Gasteiger partial charge in [-0.05, 0) is 73.1 Å². The van der Waals surface area contributed by atoms with Crippen LogP contribution in [-0.4, -0.2) is 21.4 Å². The minimum Gasteiger partial charge on any atom is -0.507 e. The van der Waals surface area contributed by atoms with E-state index in [2.05, 4.69) is 6.92 Å². The highest BCUT2D eigenvalue weighted by molar-refractivity contribution is 7.84. The lowest BCUT2D eigenvalue weighted by Crippen LogP contribution is -2.42. The van der Waals surface area contributed by atoms with Gasteiger partial charge in [-0.2, -0.15) is 0 Å². The summed E-state index contributed by atoms with van der Waals surface area (Å²) >= 11 is 0. The van der Waals surface area contributed by atoms with Crippen LogP contribution in [0.1, 0.15) is 56.1 Å². The Morgan fingerprint density at radius 1 is 1.22 bits per heavy atom. The number of carbonyl (C=O) groups excluding carboxylic acids is 1. The first kappa shape index (κ1) is 15.4. The van der Waals surface area contributed by atoms with E-state index in [4.69, 9.17) is 0 Å². The standard InChI is InChI=1S/C19H24O3S/c1-19-8-7-12-13(15(19)5-6-18(19)21)4-3-11-9-16(20)17(23(2)22)10-14(11)12/h9-10,12-13,15,20H,3-8H2,1-2H3/t12?,13?,15?,19-,23?/m0/s1. The van der Waals surface area contributed by atoms with Crippen molar-refractivity contribution in [2.24, 2.45) is 17.3 Å². The van der Waals surface area contributed by atoms with Crippen molar-refractivity contribution < 1.29 is 14.1 Å². The van der Waals surface area contributed by atoms with E-state index >= 15 is 0 Å². The molecule has 4 rings (SSSR count). The highest BCUT2D eigenvalue weighted by Crippen LogP contribution is 2.59. The van der Waals surface area contributed by atoms with Crippen LogP contribution in [0.5, 0.6) is 5.75 Å². The summed E-state index contributed by atoms with van der Waals surface area (Å²) in [6, 6.07) is 3.81. The Kier molecular flexibility index (Phi) is 3.45. The molecule has 0 aliphatic heterocycles.